The van der Waals surface area contributed by atoms with Gasteiger partial charge in [-0.1, -0.05) is 6.07 Å². The molecule has 9 nitrogen and oxygen atoms in total. The van der Waals surface area contributed by atoms with Crippen molar-refractivity contribution in [2.45, 2.75) is 64.8 Å². The molecule has 0 saturated carbocycles. The second kappa shape index (κ2) is 9.06. The number of halogens is 1. The number of rotatable bonds is 4. The maximum Gasteiger partial charge on any atom is 0.291 e. The number of fused-ring (bicyclic) bond motifs is 2. The first-order valence-corrected chi connectivity index (χ1v) is 12.6. The van der Waals surface area contributed by atoms with E-state index < -0.39 is 11.4 Å². The highest BCUT2D eigenvalue weighted by Gasteiger charge is 2.36. The molecule has 0 unspecified atom stereocenters. The van der Waals surface area contributed by atoms with Crippen LogP contribution in [0.3, 0.4) is 0 Å². The molecule has 3 aromatic rings. The minimum atomic E-state index is -0.836. The zero-order valence-corrected chi connectivity index (χ0v) is 22.2. The Hall–Kier alpha value is -3.58. The summed E-state index contributed by atoms with van der Waals surface area (Å²) in [5.74, 6) is 0.810. The Kier molecular flexibility index (Phi) is 6.15. The van der Waals surface area contributed by atoms with Crippen molar-refractivity contribution in [3.63, 3.8) is 0 Å². The van der Waals surface area contributed by atoms with E-state index in [0.29, 0.717) is 31.0 Å². The SMILES string of the molecule is C[C@@H]1CN(c2c(F)c(=O)n(C)c3cc(CC#N)nn23)[C@@H](C)CN1[C@H](C)c1ccc2c(c1)OC(C)(C)CO2. The monoisotopic (exact) mass is 508 g/mol. The molecule has 0 aliphatic carbocycles. The Morgan fingerprint density at radius 1 is 1.22 bits per heavy atom. The first kappa shape index (κ1) is 25.1. The third-order valence-corrected chi connectivity index (χ3v) is 7.45. The molecular formula is C27H33FN6O3. The molecule has 1 saturated heterocycles. The molecule has 2 aromatic heterocycles. The molecule has 196 valence electrons. The molecule has 0 spiro atoms. The second-order valence-corrected chi connectivity index (χ2v) is 10.8. The fourth-order valence-corrected chi connectivity index (χ4v) is 5.41. The van der Waals surface area contributed by atoms with Gasteiger partial charge in [0, 0.05) is 44.3 Å². The molecule has 5 rings (SSSR count). The average molecular weight is 509 g/mol. The second-order valence-electron chi connectivity index (χ2n) is 10.8. The lowest BCUT2D eigenvalue weighted by molar-refractivity contribution is 0.0209. The first-order valence-electron chi connectivity index (χ1n) is 12.6. The van der Waals surface area contributed by atoms with Crippen LogP contribution in [-0.4, -0.2) is 56.5 Å². The zero-order valence-electron chi connectivity index (χ0n) is 22.2. The van der Waals surface area contributed by atoms with Crippen LogP contribution in [0.25, 0.3) is 5.65 Å². The number of ether oxygens (including phenoxy) is 2. The summed E-state index contributed by atoms with van der Waals surface area (Å²) in [5.41, 5.74) is 0.980. The number of anilines is 1. The molecule has 0 N–H and O–H groups in total. The van der Waals surface area contributed by atoms with Crippen molar-refractivity contribution < 1.29 is 13.9 Å². The van der Waals surface area contributed by atoms with E-state index in [1.54, 1.807) is 6.07 Å². The van der Waals surface area contributed by atoms with Crippen molar-refractivity contribution >= 4 is 11.5 Å². The van der Waals surface area contributed by atoms with Gasteiger partial charge in [0.1, 0.15) is 17.9 Å². The number of hydrogen-bond acceptors (Lipinski definition) is 7. The molecule has 10 heteroatoms. The summed E-state index contributed by atoms with van der Waals surface area (Å²) < 4.78 is 30.2. The maximum absolute atomic E-state index is 15.5. The van der Waals surface area contributed by atoms with Crippen molar-refractivity contribution in [2.75, 3.05) is 24.6 Å². The summed E-state index contributed by atoms with van der Waals surface area (Å²) in [4.78, 5) is 17.1. The molecular weight excluding hydrogens is 475 g/mol. The van der Waals surface area contributed by atoms with Gasteiger partial charge in [-0.3, -0.25) is 14.3 Å². The van der Waals surface area contributed by atoms with Gasteiger partial charge in [-0.25, -0.2) is 0 Å². The van der Waals surface area contributed by atoms with E-state index in [2.05, 4.69) is 42.0 Å². The third-order valence-electron chi connectivity index (χ3n) is 7.45. The molecule has 37 heavy (non-hydrogen) atoms. The van der Waals surface area contributed by atoms with Crippen molar-refractivity contribution in [3.05, 3.63) is 51.7 Å². The van der Waals surface area contributed by atoms with Crippen LogP contribution in [0.2, 0.25) is 0 Å². The van der Waals surface area contributed by atoms with Crippen LogP contribution in [-0.2, 0) is 13.5 Å². The maximum atomic E-state index is 15.5. The van der Waals surface area contributed by atoms with Gasteiger partial charge < -0.3 is 14.4 Å². The van der Waals surface area contributed by atoms with Crippen LogP contribution < -0.4 is 19.9 Å². The number of nitrogens with zero attached hydrogens (tertiary/aromatic N) is 6. The summed E-state index contributed by atoms with van der Waals surface area (Å²) in [6, 6.07) is 9.87. The lowest BCUT2D eigenvalue weighted by Crippen LogP contribution is -2.58. The summed E-state index contributed by atoms with van der Waals surface area (Å²) in [6.45, 7) is 12.0. The molecule has 3 atom stereocenters. The van der Waals surface area contributed by atoms with Crippen molar-refractivity contribution in [1.82, 2.24) is 19.1 Å². The Bertz CT molecular complexity index is 1460. The highest BCUT2D eigenvalue weighted by atomic mass is 19.1. The number of benzene rings is 1. The van der Waals surface area contributed by atoms with Crippen molar-refractivity contribution in [3.8, 4) is 17.6 Å². The smallest absolute Gasteiger partial charge is 0.291 e. The van der Waals surface area contributed by atoms with Crippen LogP contribution in [0.15, 0.2) is 29.1 Å². The predicted octanol–water partition coefficient (Wildman–Crippen LogP) is 3.45. The topological polar surface area (TPSA) is 88.0 Å². The van der Waals surface area contributed by atoms with Gasteiger partial charge in [-0.2, -0.15) is 19.3 Å². The Balaban J connectivity index is 1.45. The number of piperazine rings is 1. The Morgan fingerprint density at radius 2 is 1.97 bits per heavy atom. The van der Waals surface area contributed by atoms with E-state index in [1.165, 1.54) is 16.1 Å². The Morgan fingerprint density at radius 3 is 2.70 bits per heavy atom. The summed E-state index contributed by atoms with van der Waals surface area (Å²) in [6.07, 6.45) is 0.0842. The molecule has 0 radical (unpaired) electrons. The highest BCUT2D eigenvalue weighted by Crippen LogP contribution is 2.39. The largest absolute Gasteiger partial charge is 0.486 e. The Labute approximate surface area is 215 Å². The van der Waals surface area contributed by atoms with Crippen LogP contribution in [0, 0.1) is 17.1 Å². The number of aromatic nitrogens is 3. The van der Waals surface area contributed by atoms with Crippen LogP contribution in [0.1, 0.15) is 51.9 Å². The normalized spacial score (nSPS) is 22.2. The van der Waals surface area contributed by atoms with Gasteiger partial charge in [0.15, 0.2) is 17.3 Å². The predicted molar refractivity (Wildman–Crippen MR) is 138 cm³/mol. The van der Waals surface area contributed by atoms with Crippen LogP contribution in [0.5, 0.6) is 11.5 Å². The van der Waals surface area contributed by atoms with Crippen molar-refractivity contribution in [2.24, 2.45) is 7.05 Å². The minimum absolute atomic E-state index is 0.0588. The van der Waals surface area contributed by atoms with Gasteiger partial charge >= 0.3 is 0 Å². The minimum Gasteiger partial charge on any atom is -0.486 e. The number of hydrogen-bond donors (Lipinski definition) is 0. The molecule has 0 bridgehead atoms. The summed E-state index contributed by atoms with van der Waals surface area (Å²) in [5, 5.41) is 13.6. The van der Waals surface area contributed by atoms with Gasteiger partial charge in [0.2, 0.25) is 5.82 Å². The molecule has 2 aliphatic rings. The quantitative estimate of drug-likeness (QED) is 0.533. The zero-order chi connectivity index (χ0) is 26.6. The fraction of sp³-hybridized carbons (Fsp3) is 0.519. The molecule has 2 aliphatic heterocycles. The van der Waals surface area contributed by atoms with E-state index in [-0.39, 0.29) is 36.0 Å². The fourth-order valence-electron chi connectivity index (χ4n) is 5.41. The standard InChI is InChI=1S/C27H33FN6O3/c1-16-14-33(25-24(28)26(35)31(6)23-12-20(9-10-29)30-34(23)25)17(2)13-32(16)18(3)19-7-8-21-22(11-19)37-27(4,5)15-36-21/h7-8,11-12,16-18H,9,13-15H2,1-6H3/t16-,17+,18-/m1/s1. The summed E-state index contributed by atoms with van der Waals surface area (Å²) in [7, 11) is 1.52. The van der Waals surface area contributed by atoms with E-state index in [9.17, 15) is 4.79 Å². The first-order chi connectivity index (χ1) is 17.5. The number of nitriles is 1. The van der Waals surface area contributed by atoms with Crippen molar-refractivity contribution in [1.29, 1.82) is 5.26 Å². The molecule has 1 fully saturated rings. The molecule has 0 amide bonds. The van der Waals surface area contributed by atoms with Gasteiger partial charge in [0.05, 0.1) is 18.2 Å². The van der Waals surface area contributed by atoms with E-state index >= 15 is 4.39 Å². The lowest BCUT2D eigenvalue weighted by atomic mass is 10.00. The van der Waals surface area contributed by atoms with Gasteiger partial charge in [-0.15, -0.1) is 0 Å². The molecule has 4 heterocycles. The van der Waals surface area contributed by atoms with Gasteiger partial charge in [0.25, 0.3) is 5.56 Å². The molecule has 1 aromatic carbocycles. The highest BCUT2D eigenvalue weighted by molar-refractivity contribution is 5.53. The van der Waals surface area contributed by atoms with E-state index in [1.807, 2.05) is 31.7 Å². The van der Waals surface area contributed by atoms with Crippen LogP contribution >= 0.6 is 0 Å². The van der Waals surface area contributed by atoms with E-state index in [0.717, 1.165) is 17.1 Å². The van der Waals surface area contributed by atoms with Crippen LogP contribution in [0.4, 0.5) is 10.2 Å². The summed E-state index contributed by atoms with van der Waals surface area (Å²) >= 11 is 0. The average Bonchev–Trinajstić information content (AvgIpc) is 3.27. The third kappa shape index (κ3) is 4.31. The van der Waals surface area contributed by atoms with E-state index in [4.69, 9.17) is 14.7 Å². The number of aryl methyl sites for hydroxylation is 1. The van der Waals surface area contributed by atoms with Gasteiger partial charge in [-0.05, 0) is 52.3 Å². The lowest BCUT2D eigenvalue weighted by Gasteiger charge is -2.47.